The number of ether oxygens (including phenoxy) is 1. The van der Waals surface area contributed by atoms with E-state index in [1.54, 1.807) is 4.90 Å². The largest absolute Gasteiger partial charge is 0.469 e. The molecule has 0 atom stereocenters. The van der Waals surface area contributed by atoms with Crippen LogP contribution in [0.25, 0.3) is 11.1 Å². The fourth-order valence-electron chi connectivity index (χ4n) is 3.88. The number of hydrogen-bond acceptors (Lipinski definition) is 4. The minimum absolute atomic E-state index is 0.00926. The first-order valence-electron chi connectivity index (χ1n) is 9.80. The van der Waals surface area contributed by atoms with Crippen molar-refractivity contribution in [2.24, 2.45) is 11.7 Å². The van der Waals surface area contributed by atoms with Crippen LogP contribution < -0.4 is 5.73 Å². The van der Waals surface area contributed by atoms with Crippen LogP contribution in [-0.2, 0) is 9.53 Å². The summed E-state index contributed by atoms with van der Waals surface area (Å²) in [5.74, 6) is -0.163. The molecule has 3 N–H and O–H groups in total. The minimum Gasteiger partial charge on any atom is -0.469 e. The van der Waals surface area contributed by atoms with Gasteiger partial charge >= 0.3 is 5.97 Å². The number of nitrogens with two attached hydrogens (primary N) is 1. The molecule has 3 rings (SSSR count). The van der Waals surface area contributed by atoms with Gasteiger partial charge in [0.05, 0.1) is 13.0 Å². The lowest BCUT2D eigenvalue weighted by atomic mass is 9.85. The molecule has 2 aromatic carbocycles. The van der Waals surface area contributed by atoms with Gasteiger partial charge in [-0.25, -0.2) is 0 Å². The number of methoxy groups -OCH3 is 1. The van der Waals surface area contributed by atoms with Crippen molar-refractivity contribution in [3.8, 4) is 11.1 Å². The van der Waals surface area contributed by atoms with E-state index in [2.05, 4.69) is 0 Å². The van der Waals surface area contributed by atoms with E-state index < -0.39 is 0 Å². The molecule has 0 spiro atoms. The number of amidine groups is 1. The van der Waals surface area contributed by atoms with E-state index in [9.17, 15) is 9.59 Å². The van der Waals surface area contributed by atoms with Crippen molar-refractivity contribution in [2.45, 2.75) is 31.7 Å². The second-order valence-corrected chi connectivity index (χ2v) is 7.51. The first kappa shape index (κ1) is 20.6. The van der Waals surface area contributed by atoms with Gasteiger partial charge in [0.15, 0.2) is 0 Å². The van der Waals surface area contributed by atoms with Crippen molar-refractivity contribution in [3.63, 3.8) is 0 Å². The van der Waals surface area contributed by atoms with Crippen LogP contribution in [-0.4, -0.2) is 42.8 Å². The highest BCUT2D eigenvalue weighted by atomic mass is 16.5. The molecule has 0 radical (unpaired) electrons. The number of carbonyl (C=O) groups is 2. The molecule has 6 heteroatoms. The number of nitrogens with zero attached hydrogens (tertiary/aromatic N) is 1. The summed E-state index contributed by atoms with van der Waals surface area (Å²) in [4.78, 5) is 26.4. The smallest absolute Gasteiger partial charge is 0.308 e. The van der Waals surface area contributed by atoms with Gasteiger partial charge in [0.25, 0.3) is 5.91 Å². The third-order valence-corrected chi connectivity index (χ3v) is 5.76. The maximum atomic E-state index is 12.9. The van der Waals surface area contributed by atoms with Gasteiger partial charge in [-0.3, -0.25) is 15.0 Å². The molecular formula is C23H27N3O3. The third-order valence-electron chi connectivity index (χ3n) is 5.76. The molecule has 29 heavy (non-hydrogen) atoms. The molecule has 1 amide bonds. The Morgan fingerprint density at radius 3 is 1.86 bits per heavy atom. The molecule has 6 nitrogen and oxygen atoms in total. The van der Waals surface area contributed by atoms with Crippen molar-refractivity contribution in [3.05, 3.63) is 59.7 Å². The Kier molecular flexibility index (Phi) is 6.32. The van der Waals surface area contributed by atoms with Gasteiger partial charge in [-0.2, -0.15) is 0 Å². The zero-order valence-electron chi connectivity index (χ0n) is 16.9. The summed E-state index contributed by atoms with van der Waals surface area (Å²) >= 11 is 0. The molecule has 0 bridgehead atoms. The summed E-state index contributed by atoms with van der Waals surface area (Å²) in [6.07, 6.45) is 3.12. The van der Waals surface area contributed by atoms with Crippen LogP contribution in [0.4, 0.5) is 0 Å². The standard InChI is InChI=1S/C23H27N3O3/c1-26(20-13-11-19(12-14-20)23(28)29-2)22(27)18-9-5-16(6-10-18)15-3-7-17(8-4-15)21(24)25/h3-10,19-20H,11-14H2,1-2H3,(H3,24,25). The first-order valence-corrected chi connectivity index (χ1v) is 9.80. The van der Waals surface area contributed by atoms with Crippen LogP contribution in [0.5, 0.6) is 0 Å². The Bertz CT molecular complexity index is 883. The van der Waals surface area contributed by atoms with Crippen molar-refractivity contribution < 1.29 is 14.3 Å². The monoisotopic (exact) mass is 393 g/mol. The van der Waals surface area contributed by atoms with Gasteiger partial charge in [0.2, 0.25) is 0 Å². The van der Waals surface area contributed by atoms with E-state index in [0.29, 0.717) is 11.1 Å². The molecule has 0 unspecified atom stereocenters. The summed E-state index contributed by atoms with van der Waals surface area (Å²) in [5.41, 5.74) is 8.82. The lowest BCUT2D eigenvalue weighted by Crippen LogP contribution is -2.40. The Morgan fingerprint density at radius 2 is 1.41 bits per heavy atom. The van der Waals surface area contributed by atoms with Gasteiger partial charge in [0.1, 0.15) is 5.84 Å². The lowest BCUT2D eigenvalue weighted by molar-refractivity contribution is -0.146. The summed E-state index contributed by atoms with van der Waals surface area (Å²) in [6, 6.07) is 15.1. The molecule has 0 heterocycles. The van der Waals surface area contributed by atoms with E-state index in [4.69, 9.17) is 15.9 Å². The van der Waals surface area contributed by atoms with Crippen LogP contribution in [0.2, 0.25) is 0 Å². The van der Waals surface area contributed by atoms with Crippen LogP contribution >= 0.6 is 0 Å². The van der Waals surface area contributed by atoms with Crippen molar-refractivity contribution in [1.82, 2.24) is 4.90 Å². The van der Waals surface area contributed by atoms with Crippen LogP contribution in [0.1, 0.15) is 41.6 Å². The number of nitrogens with one attached hydrogen (secondary N) is 1. The first-order chi connectivity index (χ1) is 13.9. The highest BCUT2D eigenvalue weighted by molar-refractivity contribution is 5.96. The van der Waals surface area contributed by atoms with E-state index in [1.165, 1.54) is 7.11 Å². The third kappa shape index (κ3) is 4.65. The number of hydrogen-bond donors (Lipinski definition) is 2. The van der Waals surface area contributed by atoms with Crippen molar-refractivity contribution >= 4 is 17.7 Å². The van der Waals surface area contributed by atoms with E-state index in [-0.39, 0.29) is 29.7 Å². The summed E-state index contributed by atoms with van der Waals surface area (Å²) in [5, 5.41) is 7.46. The molecule has 1 aliphatic carbocycles. The van der Waals surface area contributed by atoms with Crippen LogP contribution in [0, 0.1) is 11.3 Å². The SMILES string of the molecule is COC(=O)C1CCC(N(C)C(=O)c2ccc(-c3ccc(C(=N)N)cc3)cc2)CC1. The van der Waals surface area contributed by atoms with E-state index in [0.717, 1.165) is 36.8 Å². The average Bonchev–Trinajstić information content (AvgIpc) is 2.77. The summed E-state index contributed by atoms with van der Waals surface area (Å²) in [7, 11) is 3.26. The number of amides is 1. The second kappa shape index (κ2) is 8.90. The molecule has 2 aromatic rings. The van der Waals surface area contributed by atoms with E-state index in [1.807, 2.05) is 55.6 Å². The maximum Gasteiger partial charge on any atom is 0.308 e. The Morgan fingerprint density at radius 1 is 0.931 bits per heavy atom. The molecular weight excluding hydrogens is 366 g/mol. The van der Waals surface area contributed by atoms with Crippen LogP contribution in [0.15, 0.2) is 48.5 Å². The highest BCUT2D eigenvalue weighted by Gasteiger charge is 2.30. The fraction of sp³-hybridized carbons (Fsp3) is 0.348. The second-order valence-electron chi connectivity index (χ2n) is 7.51. The number of benzene rings is 2. The number of rotatable bonds is 5. The Labute approximate surface area is 171 Å². The molecule has 0 saturated heterocycles. The molecule has 1 aliphatic rings. The van der Waals surface area contributed by atoms with Crippen LogP contribution in [0.3, 0.4) is 0 Å². The summed E-state index contributed by atoms with van der Waals surface area (Å²) in [6.45, 7) is 0. The predicted molar refractivity (Wildman–Crippen MR) is 113 cm³/mol. The Hall–Kier alpha value is -3.15. The Balaban J connectivity index is 1.64. The molecule has 152 valence electrons. The van der Waals surface area contributed by atoms with Crippen molar-refractivity contribution in [2.75, 3.05) is 14.2 Å². The van der Waals surface area contributed by atoms with Gasteiger partial charge in [-0.1, -0.05) is 36.4 Å². The van der Waals surface area contributed by atoms with Crippen molar-refractivity contribution in [1.29, 1.82) is 5.41 Å². The van der Waals surface area contributed by atoms with E-state index >= 15 is 0 Å². The number of nitrogen functional groups attached to an aromatic ring is 1. The average molecular weight is 393 g/mol. The fourth-order valence-corrected chi connectivity index (χ4v) is 3.88. The zero-order chi connectivity index (χ0) is 21.0. The molecule has 0 aliphatic heterocycles. The van der Waals surface area contributed by atoms with Gasteiger partial charge < -0.3 is 15.4 Å². The summed E-state index contributed by atoms with van der Waals surface area (Å²) < 4.78 is 4.83. The topological polar surface area (TPSA) is 96.5 Å². The lowest BCUT2D eigenvalue weighted by Gasteiger charge is -2.33. The number of esters is 1. The predicted octanol–water partition coefficient (Wildman–Crippen LogP) is 3.44. The highest BCUT2D eigenvalue weighted by Crippen LogP contribution is 2.29. The normalized spacial score (nSPS) is 18.7. The van der Waals surface area contributed by atoms with Gasteiger partial charge in [0, 0.05) is 24.2 Å². The van der Waals surface area contributed by atoms with Gasteiger partial charge in [-0.15, -0.1) is 0 Å². The minimum atomic E-state index is -0.149. The quantitative estimate of drug-likeness (QED) is 0.462. The molecule has 0 aromatic heterocycles. The molecule has 1 fully saturated rings. The maximum absolute atomic E-state index is 12.9. The zero-order valence-corrected chi connectivity index (χ0v) is 16.9. The number of carbonyl (C=O) groups excluding carboxylic acids is 2. The molecule has 1 saturated carbocycles. The van der Waals surface area contributed by atoms with Gasteiger partial charge in [-0.05, 0) is 48.9 Å².